The Morgan fingerprint density at radius 2 is 2.03 bits per heavy atom. The Labute approximate surface area is 187 Å². The highest BCUT2D eigenvalue weighted by atomic mass is 35.5. The van der Waals surface area contributed by atoms with Gasteiger partial charge in [0.2, 0.25) is 5.89 Å². The fourth-order valence-corrected chi connectivity index (χ4v) is 5.37. The normalized spacial score (nSPS) is 21.3. The molecule has 1 spiro atoms. The lowest BCUT2D eigenvalue weighted by Gasteiger charge is -2.42. The van der Waals surface area contributed by atoms with Crippen LogP contribution in [0, 0.1) is 0 Å². The number of benzene rings is 1. The topological polar surface area (TPSA) is 82.9 Å². The molecule has 31 heavy (non-hydrogen) atoms. The van der Waals surface area contributed by atoms with Gasteiger partial charge >= 0.3 is 6.03 Å². The molecule has 2 aliphatic heterocycles. The molecule has 1 aromatic carbocycles. The van der Waals surface area contributed by atoms with E-state index in [9.17, 15) is 4.79 Å². The van der Waals surface area contributed by atoms with E-state index in [0.717, 1.165) is 81.7 Å². The molecule has 8 nitrogen and oxygen atoms in total. The van der Waals surface area contributed by atoms with E-state index >= 15 is 0 Å². The van der Waals surface area contributed by atoms with Gasteiger partial charge in [0.25, 0.3) is 0 Å². The Kier molecular flexibility index (Phi) is 5.81. The van der Waals surface area contributed by atoms with E-state index < -0.39 is 5.54 Å². The van der Waals surface area contributed by atoms with Crippen LogP contribution < -0.4 is 10.6 Å². The van der Waals surface area contributed by atoms with E-state index in [1.807, 2.05) is 0 Å². The molecule has 2 N–H and O–H groups in total. The van der Waals surface area contributed by atoms with Crippen molar-refractivity contribution in [3.05, 3.63) is 22.5 Å². The minimum atomic E-state index is -0.432. The highest BCUT2D eigenvalue weighted by molar-refractivity contribution is 6.35. The Balaban J connectivity index is 1.41. The zero-order chi connectivity index (χ0) is 21.4. The first-order chi connectivity index (χ1) is 15.0. The van der Waals surface area contributed by atoms with Crippen molar-refractivity contribution in [3.8, 4) is 0 Å². The van der Waals surface area contributed by atoms with E-state index in [0.29, 0.717) is 23.1 Å². The number of oxazole rings is 1. The Morgan fingerprint density at radius 3 is 2.81 bits per heavy atom. The van der Waals surface area contributed by atoms with E-state index in [1.165, 1.54) is 6.42 Å². The number of carbonyl (C=O) groups is 1. The second kappa shape index (κ2) is 8.58. The van der Waals surface area contributed by atoms with Gasteiger partial charge in [0, 0.05) is 31.7 Å². The minimum absolute atomic E-state index is 0.196. The van der Waals surface area contributed by atoms with Crippen LogP contribution in [0.2, 0.25) is 5.02 Å². The number of fused-ring (bicyclic) bond motifs is 4. The number of hydrogen-bond donors (Lipinski definition) is 2. The third-order valence-corrected chi connectivity index (χ3v) is 7.06. The molecule has 0 unspecified atom stereocenters. The van der Waals surface area contributed by atoms with Gasteiger partial charge in [0.1, 0.15) is 5.52 Å². The zero-order valence-corrected chi connectivity index (χ0v) is 18.8. The van der Waals surface area contributed by atoms with Crippen LogP contribution in [0.4, 0.5) is 10.5 Å². The lowest BCUT2D eigenvalue weighted by molar-refractivity contribution is 0.0339. The maximum absolute atomic E-state index is 12.4. The van der Waals surface area contributed by atoms with Crippen LogP contribution in [0.25, 0.3) is 11.1 Å². The molecule has 3 aliphatic rings. The molecule has 0 bridgehead atoms. The molecule has 168 valence electrons. The van der Waals surface area contributed by atoms with E-state index in [2.05, 4.69) is 27.5 Å². The number of hydrogen-bond acceptors (Lipinski definition) is 6. The number of nitrogens with one attached hydrogen (secondary N) is 2. The Morgan fingerprint density at radius 1 is 1.26 bits per heavy atom. The number of halogens is 1. The lowest BCUT2D eigenvalue weighted by Crippen LogP contribution is -2.52. The summed E-state index contributed by atoms with van der Waals surface area (Å²) in [6.07, 6.45) is 5.09. The van der Waals surface area contributed by atoms with Crippen molar-refractivity contribution in [2.45, 2.75) is 44.2 Å². The Bertz CT molecular complexity index is 966. The number of urea groups is 1. The molecule has 1 aromatic heterocycles. The number of nitrogens with zero attached hydrogens (tertiary/aromatic N) is 3. The van der Waals surface area contributed by atoms with E-state index in [-0.39, 0.29) is 6.03 Å². The van der Waals surface area contributed by atoms with Crippen molar-refractivity contribution in [2.24, 2.45) is 0 Å². The van der Waals surface area contributed by atoms with Gasteiger partial charge in [0.05, 0.1) is 36.0 Å². The van der Waals surface area contributed by atoms with Crippen LogP contribution in [-0.2, 0) is 16.8 Å². The predicted molar refractivity (Wildman–Crippen MR) is 120 cm³/mol. The third kappa shape index (κ3) is 4.14. The monoisotopic (exact) mass is 447 g/mol. The first-order valence-corrected chi connectivity index (χ1v) is 11.6. The number of ether oxygens (including phenoxy) is 1. The van der Waals surface area contributed by atoms with Crippen LogP contribution in [0.3, 0.4) is 0 Å². The lowest BCUT2D eigenvalue weighted by atomic mass is 9.74. The maximum atomic E-state index is 12.4. The van der Waals surface area contributed by atoms with Gasteiger partial charge in [-0.15, -0.1) is 0 Å². The van der Waals surface area contributed by atoms with Crippen LogP contribution in [-0.4, -0.2) is 67.3 Å². The van der Waals surface area contributed by atoms with Gasteiger partial charge < -0.3 is 19.8 Å². The average molecular weight is 448 g/mol. The first kappa shape index (κ1) is 21.0. The molecule has 9 heteroatoms. The average Bonchev–Trinajstić information content (AvgIpc) is 3.15. The fraction of sp³-hybridized carbons (Fsp3) is 0.636. The van der Waals surface area contributed by atoms with Gasteiger partial charge in [-0.3, -0.25) is 9.80 Å². The van der Waals surface area contributed by atoms with Crippen molar-refractivity contribution in [3.63, 3.8) is 0 Å². The molecule has 5 rings (SSSR count). The van der Waals surface area contributed by atoms with Crippen LogP contribution in [0.15, 0.2) is 10.5 Å². The smallest absolute Gasteiger partial charge is 0.319 e. The summed E-state index contributed by atoms with van der Waals surface area (Å²) in [4.78, 5) is 21.8. The third-order valence-electron chi connectivity index (χ3n) is 6.76. The molecular weight excluding hydrogens is 418 g/mol. The summed E-state index contributed by atoms with van der Waals surface area (Å²) in [5.74, 6) is 0.673. The summed E-state index contributed by atoms with van der Waals surface area (Å²) in [5, 5.41) is 6.61. The van der Waals surface area contributed by atoms with Crippen molar-refractivity contribution < 1.29 is 13.9 Å². The van der Waals surface area contributed by atoms with Gasteiger partial charge in [-0.2, -0.15) is 0 Å². The number of rotatable bonds is 5. The van der Waals surface area contributed by atoms with E-state index in [1.54, 1.807) is 6.07 Å². The SMILES string of the molecule is CN(CCN1CCOCC1)Cc1nc2cc(Cl)c3c(c2o1)C1(CCCCC1)NC(=O)N3. The fourth-order valence-electron chi connectivity index (χ4n) is 5.13. The summed E-state index contributed by atoms with van der Waals surface area (Å²) in [7, 11) is 2.09. The van der Waals surface area contributed by atoms with Crippen LogP contribution in [0.1, 0.15) is 43.6 Å². The minimum Gasteiger partial charge on any atom is -0.439 e. The van der Waals surface area contributed by atoms with Gasteiger partial charge in [-0.1, -0.05) is 30.9 Å². The second-order valence-corrected chi connectivity index (χ2v) is 9.39. The molecular formula is C22H30ClN5O3. The molecule has 1 aliphatic carbocycles. The molecule has 2 fully saturated rings. The molecule has 2 aromatic rings. The van der Waals surface area contributed by atoms with Gasteiger partial charge in [-0.25, -0.2) is 9.78 Å². The molecule has 0 atom stereocenters. The molecule has 1 saturated heterocycles. The number of morpholine rings is 1. The van der Waals surface area contributed by atoms with Gasteiger partial charge in [0.15, 0.2) is 5.58 Å². The summed E-state index contributed by atoms with van der Waals surface area (Å²) >= 11 is 6.59. The highest BCUT2D eigenvalue weighted by Gasteiger charge is 2.44. The number of likely N-dealkylation sites (N-methyl/N-ethyl adjacent to an activating group) is 1. The van der Waals surface area contributed by atoms with E-state index in [4.69, 9.17) is 25.7 Å². The molecule has 0 radical (unpaired) electrons. The Hall–Kier alpha value is -1.87. The summed E-state index contributed by atoms with van der Waals surface area (Å²) in [5.41, 5.74) is 2.69. The standard InChI is InChI=1S/C22H30ClN5O3/c1-27(7-8-28-9-11-30-12-10-28)14-17-24-16-13-15(23)19-18(20(16)31-17)22(26-21(29)25-19)5-3-2-4-6-22/h13H,2-12,14H2,1H3,(H2,25,26,29). The summed E-state index contributed by atoms with van der Waals surface area (Å²) in [6, 6.07) is 1.61. The highest BCUT2D eigenvalue weighted by Crippen LogP contribution is 2.48. The van der Waals surface area contributed by atoms with Crippen LogP contribution >= 0.6 is 11.6 Å². The van der Waals surface area contributed by atoms with Crippen molar-refractivity contribution in [1.82, 2.24) is 20.1 Å². The number of aromatic nitrogens is 1. The quantitative estimate of drug-likeness (QED) is 0.729. The van der Waals surface area contributed by atoms with Crippen LogP contribution in [0.5, 0.6) is 0 Å². The molecule has 2 amide bonds. The van der Waals surface area contributed by atoms with Crippen molar-refractivity contribution in [2.75, 3.05) is 51.8 Å². The van der Waals surface area contributed by atoms with Crippen molar-refractivity contribution in [1.29, 1.82) is 0 Å². The van der Waals surface area contributed by atoms with Crippen molar-refractivity contribution >= 4 is 34.4 Å². The predicted octanol–water partition coefficient (Wildman–Crippen LogP) is 3.54. The number of anilines is 1. The number of carbonyl (C=O) groups excluding carboxylic acids is 1. The zero-order valence-electron chi connectivity index (χ0n) is 18.0. The number of amides is 2. The summed E-state index contributed by atoms with van der Waals surface area (Å²) in [6.45, 7) is 6.15. The van der Waals surface area contributed by atoms with Gasteiger partial charge in [-0.05, 0) is 26.0 Å². The largest absolute Gasteiger partial charge is 0.439 e. The second-order valence-electron chi connectivity index (χ2n) is 8.98. The molecule has 1 saturated carbocycles. The summed E-state index contributed by atoms with van der Waals surface area (Å²) < 4.78 is 11.7. The molecule has 3 heterocycles. The maximum Gasteiger partial charge on any atom is 0.319 e. The first-order valence-electron chi connectivity index (χ1n) is 11.2.